The molecule has 3 nitrogen and oxygen atoms in total. The number of aromatic amines is 1. The number of nitrogen functional groups attached to an aromatic ring is 1. The molecule has 0 spiro atoms. The Kier molecular flexibility index (Phi) is 1.37. The fourth-order valence-electron chi connectivity index (χ4n) is 1.25. The second-order valence-corrected chi connectivity index (χ2v) is 2.57. The van der Waals surface area contributed by atoms with Gasteiger partial charge >= 0.3 is 0 Å². The number of benzene rings is 1. The van der Waals surface area contributed by atoms with Crippen molar-refractivity contribution < 1.29 is 4.79 Å². The number of hydrogen-bond donors (Lipinski definition) is 2. The van der Waals surface area contributed by atoms with Crippen molar-refractivity contribution in [2.45, 2.75) is 0 Å². The zero-order chi connectivity index (χ0) is 8.55. The molecule has 0 unspecified atom stereocenters. The van der Waals surface area contributed by atoms with Crippen LogP contribution >= 0.6 is 0 Å². The molecule has 1 aromatic carbocycles. The molecule has 2 aromatic rings. The van der Waals surface area contributed by atoms with Gasteiger partial charge in [0.15, 0.2) is 0 Å². The van der Waals surface area contributed by atoms with Crippen LogP contribution in [0.25, 0.3) is 10.9 Å². The topological polar surface area (TPSA) is 58.9 Å². The van der Waals surface area contributed by atoms with E-state index in [9.17, 15) is 4.79 Å². The molecule has 0 saturated carbocycles. The second kappa shape index (κ2) is 2.37. The van der Waals surface area contributed by atoms with E-state index >= 15 is 0 Å². The van der Waals surface area contributed by atoms with Crippen LogP contribution in [0.5, 0.6) is 0 Å². The van der Waals surface area contributed by atoms with Gasteiger partial charge in [-0.3, -0.25) is 4.79 Å². The van der Waals surface area contributed by atoms with Gasteiger partial charge in [-0.15, -0.1) is 0 Å². The number of rotatable bonds is 1. The number of nitrogens with two attached hydrogens (primary N) is 1. The Hall–Kier alpha value is -1.77. The van der Waals surface area contributed by atoms with Gasteiger partial charge in [0.1, 0.15) is 0 Å². The van der Waals surface area contributed by atoms with Crippen LogP contribution in [0.2, 0.25) is 0 Å². The Labute approximate surface area is 69.2 Å². The molecular weight excluding hydrogens is 152 g/mol. The summed E-state index contributed by atoms with van der Waals surface area (Å²) in [6, 6.07) is 5.45. The molecule has 0 saturated heterocycles. The van der Waals surface area contributed by atoms with Crippen molar-refractivity contribution in [2.75, 3.05) is 5.73 Å². The van der Waals surface area contributed by atoms with Crippen molar-refractivity contribution in [3.63, 3.8) is 0 Å². The summed E-state index contributed by atoms with van der Waals surface area (Å²) in [5.41, 5.74) is 7.20. The van der Waals surface area contributed by atoms with Crippen LogP contribution in [0, 0.1) is 0 Å². The molecule has 3 N–H and O–H groups in total. The summed E-state index contributed by atoms with van der Waals surface area (Å²) in [6.45, 7) is 0. The Morgan fingerprint density at radius 3 is 2.92 bits per heavy atom. The average Bonchev–Trinajstić information content (AvgIpc) is 2.52. The predicted octanol–water partition coefficient (Wildman–Crippen LogP) is 1.21. The van der Waals surface area contributed by atoms with Gasteiger partial charge < -0.3 is 10.7 Å². The summed E-state index contributed by atoms with van der Waals surface area (Å²) in [5.74, 6) is 0. The fourth-order valence-corrected chi connectivity index (χ4v) is 1.25. The molecule has 1 aromatic heterocycles. The van der Waals surface area contributed by atoms with E-state index in [1.165, 1.54) is 0 Å². The van der Waals surface area contributed by atoms with Gasteiger partial charge in [-0.05, 0) is 12.1 Å². The highest BCUT2D eigenvalue weighted by Gasteiger charge is 2.04. The van der Waals surface area contributed by atoms with Crippen molar-refractivity contribution in [3.8, 4) is 0 Å². The lowest BCUT2D eigenvalue weighted by molar-refractivity contribution is 0.563. The number of fused-ring (bicyclic) bond motifs is 1. The van der Waals surface area contributed by atoms with Crippen molar-refractivity contribution in [3.05, 3.63) is 30.0 Å². The zero-order valence-corrected chi connectivity index (χ0v) is 6.29. The first-order valence-electron chi connectivity index (χ1n) is 3.56. The highest BCUT2D eigenvalue weighted by atomic mass is 16.1. The average molecular weight is 159 g/mol. The van der Waals surface area contributed by atoms with Gasteiger partial charge in [0.2, 0.25) is 6.29 Å². The molecule has 0 atom stereocenters. The quantitative estimate of drug-likeness (QED) is 0.614. The first-order chi connectivity index (χ1) is 5.83. The molecule has 1 heterocycles. The normalized spacial score (nSPS) is 10.3. The Bertz CT molecular complexity index is 431. The van der Waals surface area contributed by atoms with Crippen LogP contribution in [-0.4, -0.2) is 11.3 Å². The van der Waals surface area contributed by atoms with Gasteiger partial charge in [0, 0.05) is 17.3 Å². The van der Waals surface area contributed by atoms with Crippen LogP contribution in [0.15, 0.2) is 24.4 Å². The minimum atomic E-state index is 0.414. The van der Waals surface area contributed by atoms with Crippen molar-refractivity contribution in [1.29, 1.82) is 0 Å². The van der Waals surface area contributed by atoms with Gasteiger partial charge in [-0.1, -0.05) is 6.07 Å². The Morgan fingerprint density at radius 2 is 2.17 bits per heavy atom. The second-order valence-electron chi connectivity index (χ2n) is 2.57. The molecular formula is C9H7N2O. The molecule has 0 amide bonds. The standard InChI is InChI=1S/C9H7N2O/c10-8-2-1-6-3-4-11-9(6)7(8)5-12/h1-4,11H,10H2. The molecule has 0 aliphatic carbocycles. The van der Waals surface area contributed by atoms with Gasteiger partial charge in [-0.2, -0.15) is 0 Å². The van der Waals surface area contributed by atoms with E-state index in [1.54, 1.807) is 12.3 Å². The lowest BCUT2D eigenvalue weighted by Gasteiger charge is -1.97. The Morgan fingerprint density at radius 1 is 1.33 bits per heavy atom. The van der Waals surface area contributed by atoms with Crippen molar-refractivity contribution >= 4 is 22.9 Å². The lowest BCUT2D eigenvalue weighted by Crippen LogP contribution is -1.93. The van der Waals surface area contributed by atoms with Crippen LogP contribution in [-0.2, 0) is 4.79 Å². The van der Waals surface area contributed by atoms with Crippen LogP contribution in [0.1, 0.15) is 5.56 Å². The fraction of sp³-hybridized carbons (Fsp3) is 0. The minimum absolute atomic E-state index is 0.414. The number of H-pyrrole nitrogens is 1. The molecule has 3 heteroatoms. The SMILES string of the molecule is Nc1ccc2cc[nH]c2c1[C]=O. The number of carbonyl (C=O) groups excluding carboxylic acids is 1. The van der Waals surface area contributed by atoms with E-state index in [4.69, 9.17) is 5.73 Å². The molecule has 1 radical (unpaired) electrons. The first-order valence-corrected chi connectivity index (χ1v) is 3.56. The van der Waals surface area contributed by atoms with Crippen molar-refractivity contribution in [1.82, 2.24) is 4.98 Å². The monoisotopic (exact) mass is 159 g/mol. The molecule has 0 fully saturated rings. The van der Waals surface area contributed by atoms with Crippen LogP contribution < -0.4 is 5.73 Å². The maximum atomic E-state index is 10.5. The molecule has 0 aliphatic heterocycles. The summed E-state index contributed by atoms with van der Waals surface area (Å²) >= 11 is 0. The van der Waals surface area contributed by atoms with E-state index in [0.717, 1.165) is 10.9 Å². The van der Waals surface area contributed by atoms with Gasteiger partial charge in [0.05, 0.1) is 11.1 Å². The lowest BCUT2D eigenvalue weighted by atomic mass is 10.1. The number of aromatic nitrogens is 1. The summed E-state index contributed by atoms with van der Waals surface area (Å²) in [6.07, 6.45) is 3.59. The number of nitrogens with one attached hydrogen (secondary N) is 1. The summed E-state index contributed by atoms with van der Waals surface area (Å²) in [7, 11) is 0. The van der Waals surface area contributed by atoms with E-state index in [2.05, 4.69) is 4.98 Å². The first kappa shape index (κ1) is 6.91. The summed E-state index contributed by atoms with van der Waals surface area (Å²) < 4.78 is 0. The van der Waals surface area contributed by atoms with E-state index in [-0.39, 0.29) is 0 Å². The number of hydrogen-bond acceptors (Lipinski definition) is 2. The zero-order valence-electron chi connectivity index (χ0n) is 6.29. The maximum Gasteiger partial charge on any atom is 0.237 e. The van der Waals surface area contributed by atoms with Crippen LogP contribution in [0.4, 0.5) is 5.69 Å². The van der Waals surface area contributed by atoms with Crippen molar-refractivity contribution in [2.24, 2.45) is 0 Å². The molecule has 0 bridgehead atoms. The largest absolute Gasteiger partial charge is 0.398 e. The van der Waals surface area contributed by atoms with E-state index in [0.29, 0.717) is 11.3 Å². The van der Waals surface area contributed by atoms with Gasteiger partial charge in [-0.25, -0.2) is 0 Å². The predicted molar refractivity (Wildman–Crippen MR) is 47.5 cm³/mol. The highest BCUT2D eigenvalue weighted by Crippen LogP contribution is 2.20. The number of anilines is 1. The van der Waals surface area contributed by atoms with Crippen LogP contribution in [0.3, 0.4) is 0 Å². The molecule has 59 valence electrons. The molecule has 0 aliphatic rings. The molecule has 12 heavy (non-hydrogen) atoms. The Balaban J connectivity index is 2.91. The maximum absolute atomic E-state index is 10.5. The smallest absolute Gasteiger partial charge is 0.237 e. The summed E-state index contributed by atoms with van der Waals surface area (Å²) in [4.78, 5) is 13.5. The van der Waals surface area contributed by atoms with E-state index in [1.807, 2.05) is 18.4 Å². The van der Waals surface area contributed by atoms with E-state index < -0.39 is 0 Å². The highest BCUT2D eigenvalue weighted by molar-refractivity contribution is 6.01. The third-order valence-electron chi connectivity index (χ3n) is 1.86. The molecule has 2 rings (SSSR count). The van der Waals surface area contributed by atoms with Gasteiger partial charge in [0.25, 0.3) is 0 Å². The minimum Gasteiger partial charge on any atom is -0.398 e. The third kappa shape index (κ3) is 0.797. The summed E-state index contributed by atoms with van der Waals surface area (Å²) in [5, 5.41) is 0.975. The third-order valence-corrected chi connectivity index (χ3v) is 1.86.